The van der Waals surface area contributed by atoms with Gasteiger partial charge in [0.15, 0.2) is 5.72 Å². The third kappa shape index (κ3) is 10.9. The number of aliphatic hydroxyl groups is 1. The van der Waals surface area contributed by atoms with Gasteiger partial charge in [-0.2, -0.15) is 0 Å². The van der Waals surface area contributed by atoms with Gasteiger partial charge < -0.3 is 43.9 Å². The summed E-state index contributed by atoms with van der Waals surface area (Å²) in [6, 6.07) is 2.49. The number of hydrogen-bond donors (Lipinski definition) is 3. The van der Waals surface area contributed by atoms with E-state index in [-0.39, 0.29) is 60.9 Å². The summed E-state index contributed by atoms with van der Waals surface area (Å²) in [7, 11) is 5.98. The van der Waals surface area contributed by atoms with Crippen molar-refractivity contribution in [1.29, 1.82) is 0 Å². The van der Waals surface area contributed by atoms with Gasteiger partial charge in [0.2, 0.25) is 17.7 Å². The van der Waals surface area contributed by atoms with E-state index in [0.29, 0.717) is 50.1 Å². The van der Waals surface area contributed by atoms with Crippen molar-refractivity contribution in [1.82, 2.24) is 20.4 Å². The predicted octanol–water partition coefficient (Wildman–Crippen LogP) is 3.90. The quantitative estimate of drug-likeness (QED) is 0.212. The Kier molecular flexibility index (Phi) is 15.4. The number of hydrogen-bond acceptors (Lipinski definition) is 13. The van der Waals surface area contributed by atoms with Crippen LogP contribution < -0.4 is 20.3 Å². The van der Waals surface area contributed by atoms with Crippen molar-refractivity contribution in [3.63, 3.8) is 0 Å². The Balaban J connectivity index is 1.16. The van der Waals surface area contributed by atoms with Crippen LogP contribution in [-0.2, 0) is 54.1 Å². The molecule has 18 nitrogen and oxygen atoms in total. The lowest BCUT2D eigenvalue weighted by molar-refractivity contribution is -0.328. The number of fused-ring (bicyclic) bond motifs is 6. The van der Waals surface area contributed by atoms with Crippen molar-refractivity contribution in [3.8, 4) is 5.75 Å². The molecule has 0 aromatic heterocycles. The fraction of sp³-hybridized carbons (Fsp3) is 0.596. The minimum atomic E-state index is -1.89. The van der Waals surface area contributed by atoms with Crippen molar-refractivity contribution in [2.24, 2.45) is 11.8 Å². The first kappa shape index (κ1) is 50.1. The zero-order chi connectivity index (χ0) is 48.3. The second-order valence-corrected chi connectivity index (χ2v) is 18.9. The number of benzene rings is 1. The van der Waals surface area contributed by atoms with Crippen molar-refractivity contribution in [3.05, 3.63) is 58.7 Å². The summed E-state index contributed by atoms with van der Waals surface area (Å²) >= 11 is 6.81. The van der Waals surface area contributed by atoms with Gasteiger partial charge in [-0.05, 0) is 83.4 Å². The van der Waals surface area contributed by atoms with Gasteiger partial charge in [-0.15, -0.1) is 0 Å². The fourth-order valence-electron chi connectivity index (χ4n) is 9.60. The Bertz CT molecular complexity index is 2160. The van der Waals surface area contributed by atoms with Crippen LogP contribution in [0.1, 0.15) is 84.6 Å². The van der Waals surface area contributed by atoms with Gasteiger partial charge in [0.25, 0.3) is 11.8 Å². The molecular formula is C47H62ClN5O13. The van der Waals surface area contributed by atoms with Crippen molar-refractivity contribution >= 4 is 58.9 Å². The highest BCUT2D eigenvalue weighted by Crippen LogP contribution is 2.50. The van der Waals surface area contributed by atoms with Gasteiger partial charge >= 0.3 is 12.1 Å². The third-order valence-electron chi connectivity index (χ3n) is 13.6. The van der Waals surface area contributed by atoms with E-state index in [1.807, 2.05) is 13.0 Å². The highest BCUT2D eigenvalue weighted by atomic mass is 35.5. The molecule has 5 aliphatic heterocycles. The number of rotatable bonds is 11. The van der Waals surface area contributed by atoms with Crippen LogP contribution in [-0.4, -0.2) is 139 Å². The molecule has 7 rings (SSSR count). The SMILES string of the molecule is COc1cc2cc(c1Cl)N(C)C(=O)C[C@H](OC(=O)[C@@H](C)N(C)C(=O)[C@H]1CC[C@H](CNC(=O)CCN3C(=O)C=CC3=O)CC1)[C@@]1(C)CC(C)(O1)[C@@H]1C[C@@](O)(NC(=O)O1)[C@H](OC)/C=C/C=C(\C)C2. The van der Waals surface area contributed by atoms with Gasteiger partial charge in [-0.3, -0.25) is 34.2 Å². The molecule has 19 heteroatoms. The van der Waals surface area contributed by atoms with Gasteiger partial charge in [-0.1, -0.05) is 35.4 Å². The molecule has 1 saturated carbocycles. The van der Waals surface area contributed by atoms with Gasteiger partial charge in [0.1, 0.15) is 46.3 Å². The molecule has 0 spiro atoms. The summed E-state index contributed by atoms with van der Waals surface area (Å²) in [5.41, 5.74) is -2.35. The molecule has 7 atom stereocenters. The van der Waals surface area contributed by atoms with Crippen molar-refractivity contribution in [2.75, 3.05) is 46.3 Å². The summed E-state index contributed by atoms with van der Waals surface area (Å²) in [5.74, 6) is -2.56. The number of likely N-dealkylation sites (N-methyl/N-ethyl adjacent to an activating group) is 1. The van der Waals surface area contributed by atoms with E-state index in [1.54, 1.807) is 52.1 Å². The standard InChI is InChI=1S/C47H62ClN5O13/c1-27-10-9-11-34(63-8)47(61)24-36(65-44(60)50-47)46(4)26-45(3,66-46)35(23-40(57)52(6)32-21-30(20-27)22-33(62-7)41(32)48)64-43(59)28(2)51(5)42(58)31-14-12-29(13-15-31)25-49-37(54)18-19-53-38(55)16-17-39(53)56/h9-11,16-17,21-22,28-29,31,34-36,61H,12-15,18-20,23-26H2,1-8H3,(H,49,54)(H,50,60)/b11-9+,27-10+/t28-,29-,31-,34-,35+,36+,45-,46?,47+/m1/s1. The predicted molar refractivity (Wildman–Crippen MR) is 240 cm³/mol. The molecule has 0 radical (unpaired) electrons. The molecule has 1 unspecified atom stereocenters. The second kappa shape index (κ2) is 20.3. The summed E-state index contributed by atoms with van der Waals surface area (Å²) < 4.78 is 29.7. The highest BCUT2D eigenvalue weighted by Gasteiger charge is 2.63. The molecule has 5 heterocycles. The largest absolute Gasteiger partial charge is 0.495 e. The average molecular weight is 940 g/mol. The van der Waals surface area contributed by atoms with Crippen LogP contribution in [0, 0.1) is 11.8 Å². The molecule has 1 aliphatic carbocycles. The van der Waals surface area contributed by atoms with Crippen LogP contribution in [0.4, 0.5) is 10.5 Å². The fourth-order valence-corrected chi connectivity index (χ4v) is 9.91. The smallest absolute Gasteiger partial charge is 0.409 e. The molecule has 360 valence electrons. The van der Waals surface area contributed by atoms with E-state index >= 15 is 0 Å². The minimum absolute atomic E-state index is 0.00408. The molecule has 2 saturated heterocycles. The maximum atomic E-state index is 14.3. The maximum Gasteiger partial charge on any atom is 0.409 e. The molecule has 66 heavy (non-hydrogen) atoms. The van der Waals surface area contributed by atoms with Crippen LogP contribution >= 0.6 is 11.6 Å². The lowest BCUT2D eigenvalue weighted by Crippen LogP contribution is -2.72. The van der Waals surface area contributed by atoms with Crippen LogP contribution in [0.3, 0.4) is 0 Å². The number of ether oxygens (including phenoxy) is 5. The molecule has 1 aromatic carbocycles. The number of methoxy groups -OCH3 is 2. The number of halogens is 1. The van der Waals surface area contributed by atoms with Crippen molar-refractivity contribution in [2.45, 2.75) is 127 Å². The van der Waals surface area contributed by atoms with Gasteiger partial charge in [0, 0.05) is 71.6 Å². The Hall–Kier alpha value is -5.30. The number of carbonyl (C=O) groups is 7. The first-order valence-electron chi connectivity index (χ1n) is 22.3. The lowest BCUT2D eigenvalue weighted by atomic mass is 9.72. The molecule has 3 N–H and O–H groups in total. The van der Waals surface area contributed by atoms with Crippen LogP contribution in [0.2, 0.25) is 5.02 Å². The van der Waals surface area contributed by atoms with Crippen LogP contribution in [0.5, 0.6) is 5.75 Å². The number of alkyl carbamates (subject to hydrolysis) is 1. The van der Waals surface area contributed by atoms with Gasteiger partial charge in [0.05, 0.1) is 19.2 Å². The first-order chi connectivity index (χ1) is 31.1. The second-order valence-electron chi connectivity index (χ2n) is 18.6. The Morgan fingerprint density at radius 2 is 1.73 bits per heavy atom. The molecule has 3 fully saturated rings. The molecule has 6 aliphatic rings. The van der Waals surface area contributed by atoms with Crippen LogP contribution in [0.15, 0.2) is 48.1 Å². The maximum absolute atomic E-state index is 14.3. The topological polar surface area (TPSA) is 220 Å². The number of allylic oxidation sites excluding steroid dienone is 3. The summed E-state index contributed by atoms with van der Waals surface area (Å²) in [5, 5.41) is 17.4. The van der Waals surface area contributed by atoms with E-state index in [1.165, 1.54) is 43.2 Å². The number of nitrogens with one attached hydrogen (secondary N) is 2. The summed E-state index contributed by atoms with van der Waals surface area (Å²) in [6.45, 7) is 7.25. The first-order valence-corrected chi connectivity index (χ1v) is 22.7. The minimum Gasteiger partial charge on any atom is -0.495 e. The number of imide groups is 1. The normalized spacial score (nSPS) is 32.0. The highest BCUT2D eigenvalue weighted by molar-refractivity contribution is 6.35. The number of esters is 1. The summed E-state index contributed by atoms with van der Waals surface area (Å²) in [4.78, 5) is 95.1. The van der Waals surface area contributed by atoms with E-state index in [4.69, 9.17) is 35.3 Å². The number of amides is 6. The number of nitrogens with zero attached hydrogens (tertiary/aromatic N) is 3. The Morgan fingerprint density at radius 3 is 2.36 bits per heavy atom. The molecule has 6 amide bonds. The Labute approximate surface area is 389 Å². The summed E-state index contributed by atoms with van der Waals surface area (Å²) in [6.07, 6.45) is 5.93. The van der Waals surface area contributed by atoms with E-state index in [0.717, 1.165) is 16.0 Å². The zero-order valence-corrected chi connectivity index (χ0v) is 39.6. The van der Waals surface area contributed by atoms with E-state index in [2.05, 4.69) is 10.6 Å². The third-order valence-corrected chi connectivity index (χ3v) is 14.0. The molecule has 6 bridgehead atoms. The lowest BCUT2D eigenvalue weighted by Gasteiger charge is -2.59. The molecule has 1 aromatic rings. The monoisotopic (exact) mass is 939 g/mol. The van der Waals surface area contributed by atoms with Gasteiger partial charge in [-0.25, -0.2) is 9.59 Å². The van der Waals surface area contributed by atoms with E-state index in [9.17, 15) is 38.7 Å². The van der Waals surface area contributed by atoms with E-state index < -0.39 is 71.1 Å². The molecular weight excluding hydrogens is 878 g/mol. The Morgan fingerprint density at radius 1 is 1.06 bits per heavy atom. The number of carbonyl (C=O) groups excluding carboxylic acids is 7. The zero-order valence-electron chi connectivity index (χ0n) is 38.8. The van der Waals surface area contributed by atoms with Crippen LogP contribution in [0.25, 0.3) is 0 Å². The average Bonchev–Trinajstić information content (AvgIpc) is 3.59. The van der Waals surface area contributed by atoms with Crippen molar-refractivity contribution < 1.29 is 62.4 Å². The number of anilines is 1.